The molecule has 1 rings (SSSR count). The summed E-state index contributed by atoms with van der Waals surface area (Å²) in [4.78, 5) is 0. The fraction of sp³-hybridized carbons (Fsp3) is 1.00. The van der Waals surface area contributed by atoms with Gasteiger partial charge in [0.25, 0.3) is 0 Å². The largest absolute Gasteiger partial charge is 0.316 e. The van der Waals surface area contributed by atoms with E-state index in [0.717, 1.165) is 19.6 Å². The van der Waals surface area contributed by atoms with E-state index in [1.807, 2.05) is 0 Å². The first kappa shape index (κ1) is 12.9. The molecule has 1 heterocycles. The normalized spacial score (nSPS) is 22.9. The summed E-state index contributed by atoms with van der Waals surface area (Å²) in [5, 5.41) is 6.52. The lowest BCUT2D eigenvalue weighted by atomic mass is 10.00. The molecule has 15 heavy (non-hydrogen) atoms. The van der Waals surface area contributed by atoms with Gasteiger partial charge in [-0.2, -0.15) is 0 Å². The van der Waals surface area contributed by atoms with Crippen molar-refractivity contribution in [3.8, 4) is 0 Å². The average Bonchev–Trinajstić information content (AvgIpc) is 2.26. The minimum absolute atomic E-state index is 0.156. The quantitative estimate of drug-likeness (QED) is 0.523. The van der Waals surface area contributed by atoms with Crippen LogP contribution in [0.15, 0.2) is 0 Å². The summed E-state index contributed by atoms with van der Waals surface area (Å²) in [7, 11) is -1.61. The summed E-state index contributed by atoms with van der Waals surface area (Å²) in [5.74, 6) is 0.806. The molecule has 1 aliphatic heterocycles. The summed E-state index contributed by atoms with van der Waals surface area (Å²) in [6.07, 6.45) is 2.46. The topological polar surface area (TPSA) is 70.2 Å². The van der Waals surface area contributed by atoms with Crippen LogP contribution in [-0.4, -0.2) is 47.4 Å². The van der Waals surface area contributed by atoms with E-state index in [1.165, 1.54) is 19.9 Å². The lowest BCUT2D eigenvalue weighted by molar-refractivity contribution is 0.363. The summed E-state index contributed by atoms with van der Waals surface area (Å²) in [6.45, 7) is 3.60. The molecule has 0 aromatic heterocycles. The number of piperidine rings is 1. The van der Waals surface area contributed by atoms with E-state index in [4.69, 9.17) is 0 Å². The zero-order valence-electron chi connectivity index (χ0n) is 9.25. The van der Waals surface area contributed by atoms with E-state index < -0.39 is 10.0 Å². The first-order valence-corrected chi connectivity index (χ1v) is 7.12. The van der Waals surface area contributed by atoms with Crippen LogP contribution in [0.4, 0.5) is 0 Å². The van der Waals surface area contributed by atoms with Crippen LogP contribution >= 0.6 is 0 Å². The standard InChI is InChI=1S/C9H21N3O2S/c1-10-15(13,14)6-5-12-8-9-3-2-4-11-7-9/h9-12H,2-8H2,1H3. The minimum atomic E-state index is -3.05. The monoisotopic (exact) mass is 235 g/mol. The molecule has 0 radical (unpaired) electrons. The van der Waals surface area contributed by atoms with Crippen molar-refractivity contribution >= 4 is 10.0 Å². The lowest BCUT2D eigenvalue weighted by Crippen LogP contribution is -2.38. The highest BCUT2D eigenvalue weighted by atomic mass is 32.2. The smallest absolute Gasteiger partial charge is 0.212 e. The Morgan fingerprint density at radius 3 is 2.87 bits per heavy atom. The van der Waals surface area contributed by atoms with Crippen LogP contribution in [0.1, 0.15) is 12.8 Å². The molecule has 0 aromatic carbocycles. The van der Waals surface area contributed by atoms with E-state index in [0.29, 0.717) is 12.5 Å². The van der Waals surface area contributed by atoms with Gasteiger partial charge in [-0.1, -0.05) is 0 Å². The number of nitrogens with one attached hydrogen (secondary N) is 3. The Morgan fingerprint density at radius 1 is 1.47 bits per heavy atom. The number of hydrogen-bond donors (Lipinski definition) is 3. The molecule has 0 spiro atoms. The third kappa shape index (κ3) is 5.46. The Hall–Kier alpha value is -0.170. The van der Waals surface area contributed by atoms with Crippen LogP contribution in [0.5, 0.6) is 0 Å². The maximum atomic E-state index is 11.1. The fourth-order valence-electron chi connectivity index (χ4n) is 1.71. The molecule has 1 aliphatic rings. The summed E-state index contributed by atoms with van der Waals surface area (Å²) in [6, 6.07) is 0. The molecule has 0 amide bonds. The van der Waals surface area contributed by atoms with Crippen LogP contribution < -0.4 is 15.4 Å². The van der Waals surface area contributed by atoms with E-state index in [-0.39, 0.29) is 5.75 Å². The van der Waals surface area contributed by atoms with Crippen LogP contribution in [-0.2, 0) is 10.0 Å². The Bertz CT molecular complexity index is 261. The number of sulfonamides is 1. The molecular formula is C9H21N3O2S. The van der Waals surface area contributed by atoms with Crippen molar-refractivity contribution in [2.45, 2.75) is 12.8 Å². The molecule has 1 atom stereocenters. The molecule has 3 N–H and O–H groups in total. The summed E-state index contributed by atoms with van der Waals surface area (Å²) >= 11 is 0. The average molecular weight is 235 g/mol. The third-order valence-corrected chi connectivity index (χ3v) is 4.05. The van der Waals surface area contributed by atoms with Crippen molar-refractivity contribution in [2.24, 2.45) is 5.92 Å². The zero-order valence-corrected chi connectivity index (χ0v) is 10.1. The number of rotatable bonds is 6. The highest BCUT2D eigenvalue weighted by Gasteiger charge is 2.12. The Balaban J connectivity index is 2.06. The van der Waals surface area contributed by atoms with Gasteiger partial charge in [0, 0.05) is 6.54 Å². The Labute approximate surface area is 92.1 Å². The molecule has 1 fully saturated rings. The molecular weight excluding hydrogens is 214 g/mol. The predicted octanol–water partition coefficient (Wildman–Crippen LogP) is -0.875. The van der Waals surface area contributed by atoms with Crippen LogP contribution in [0.3, 0.4) is 0 Å². The van der Waals surface area contributed by atoms with Gasteiger partial charge < -0.3 is 10.6 Å². The molecule has 0 aromatic rings. The van der Waals surface area contributed by atoms with Gasteiger partial charge in [-0.25, -0.2) is 13.1 Å². The first-order valence-electron chi connectivity index (χ1n) is 5.47. The summed E-state index contributed by atoms with van der Waals surface area (Å²) < 4.78 is 24.5. The zero-order chi connectivity index (χ0) is 11.1. The Kier molecular flexibility index (Phi) is 5.52. The van der Waals surface area contributed by atoms with Gasteiger partial charge in [0.1, 0.15) is 0 Å². The Morgan fingerprint density at radius 2 is 2.27 bits per heavy atom. The molecule has 1 unspecified atom stereocenters. The molecule has 0 bridgehead atoms. The van der Waals surface area contributed by atoms with Crippen molar-refractivity contribution in [1.29, 1.82) is 0 Å². The second kappa shape index (κ2) is 6.42. The second-order valence-corrected chi connectivity index (χ2v) is 5.99. The highest BCUT2D eigenvalue weighted by Crippen LogP contribution is 2.07. The highest BCUT2D eigenvalue weighted by molar-refractivity contribution is 7.89. The molecule has 5 nitrogen and oxygen atoms in total. The fourth-order valence-corrected chi connectivity index (χ4v) is 2.33. The van der Waals surface area contributed by atoms with Crippen molar-refractivity contribution in [3.63, 3.8) is 0 Å². The van der Waals surface area contributed by atoms with Crippen molar-refractivity contribution < 1.29 is 8.42 Å². The molecule has 6 heteroatoms. The molecule has 0 aliphatic carbocycles. The predicted molar refractivity (Wildman–Crippen MR) is 61.3 cm³/mol. The summed E-state index contributed by atoms with van der Waals surface area (Å²) in [5.41, 5.74) is 0. The van der Waals surface area contributed by atoms with Gasteiger partial charge in [0.2, 0.25) is 10.0 Å². The van der Waals surface area contributed by atoms with Crippen molar-refractivity contribution in [1.82, 2.24) is 15.4 Å². The maximum Gasteiger partial charge on any atom is 0.212 e. The van der Waals surface area contributed by atoms with E-state index >= 15 is 0 Å². The molecule has 90 valence electrons. The van der Waals surface area contributed by atoms with Crippen molar-refractivity contribution in [2.75, 3.05) is 39.0 Å². The van der Waals surface area contributed by atoms with Gasteiger partial charge >= 0.3 is 0 Å². The van der Waals surface area contributed by atoms with E-state index in [9.17, 15) is 8.42 Å². The van der Waals surface area contributed by atoms with Crippen LogP contribution in [0, 0.1) is 5.92 Å². The number of hydrogen-bond acceptors (Lipinski definition) is 4. The van der Waals surface area contributed by atoms with Gasteiger partial charge in [0.05, 0.1) is 5.75 Å². The molecule has 0 saturated carbocycles. The van der Waals surface area contributed by atoms with Gasteiger partial charge in [0.15, 0.2) is 0 Å². The van der Waals surface area contributed by atoms with Gasteiger partial charge in [-0.15, -0.1) is 0 Å². The SMILES string of the molecule is CNS(=O)(=O)CCNCC1CCCNC1. The van der Waals surface area contributed by atoms with E-state index in [2.05, 4.69) is 15.4 Å². The van der Waals surface area contributed by atoms with E-state index in [1.54, 1.807) is 0 Å². The van der Waals surface area contributed by atoms with Crippen molar-refractivity contribution in [3.05, 3.63) is 0 Å². The first-order chi connectivity index (χ1) is 7.14. The molecule has 1 saturated heterocycles. The maximum absolute atomic E-state index is 11.1. The third-order valence-electron chi connectivity index (χ3n) is 2.69. The van der Waals surface area contributed by atoms with Crippen LogP contribution in [0.2, 0.25) is 0 Å². The van der Waals surface area contributed by atoms with Crippen LogP contribution in [0.25, 0.3) is 0 Å². The van der Waals surface area contributed by atoms with Gasteiger partial charge in [-0.05, 0) is 45.4 Å². The second-order valence-electron chi connectivity index (χ2n) is 3.94. The van der Waals surface area contributed by atoms with Gasteiger partial charge in [-0.3, -0.25) is 0 Å². The minimum Gasteiger partial charge on any atom is -0.316 e. The lowest BCUT2D eigenvalue weighted by Gasteiger charge is -2.22.